The van der Waals surface area contributed by atoms with Gasteiger partial charge in [-0.2, -0.15) is 0 Å². The van der Waals surface area contributed by atoms with Crippen LogP contribution in [0.2, 0.25) is 0 Å². The second kappa shape index (κ2) is 20.7. The number of carbonyl (C=O) groups excluding carboxylic acids is 1. The van der Waals surface area contributed by atoms with Crippen LogP contribution in [0.4, 0.5) is 25.8 Å². The first kappa shape index (κ1) is 51.0. The molecule has 4 aromatic carbocycles. The maximum Gasteiger partial charge on any atom is 0.293 e. The number of benzene rings is 4. The number of H-pyrrole nitrogens is 1. The second-order valence-corrected chi connectivity index (χ2v) is 23.3. The largest absolute Gasteiger partial charge is 0.455 e. The Balaban J connectivity index is 0.832. The zero-order chi connectivity index (χ0) is 51.9. The number of aromatic amines is 1. The standard InChI is InChI=1S/C56H64F2N8O7S/c1-36(2)44-6-4-5-7-45(44)51-35-63(34-38-8-12-47(57)48(58)26-38)24-25-65(51)41-30-56(31-41)19-22-64(23-20-56)40-9-11-46(52(28-40)73-42-27-39-16-21-59-53(39)61-33-42)54(67)62-74(71,72)43-10-13-49(50(29-43)66(69)70)60-32-37-14-17-55(3,68)18-15-37/h4-13,16,21,26-29,33,36-37,41,51,60,68H,14-15,17-20,22-25,30-32,34-35H2,1-3H3,(H,59,61)(H,62,67)/t37-,51?,55-. The molecule has 4 N–H and O–H groups in total. The molecule has 2 saturated carbocycles. The summed E-state index contributed by atoms with van der Waals surface area (Å²) in [5.41, 5.74) is 3.94. The summed E-state index contributed by atoms with van der Waals surface area (Å²) in [7, 11) is -4.61. The van der Waals surface area contributed by atoms with E-state index >= 15 is 0 Å². The fourth-order valence-corrected chi connectivity index (χ4v) is 12.8. The summed E-state index contributed by atoms with van der Waals surface area (Å²) in [4.78, 5) is 40.0. The van der Waals surface area contributed by atoms with E-state index in [4.69, 9.17) is 4.74 Å². The van der Waals surface area contributed by atoms with Crippen LogP contribution in [0, 0.1) is 33.1 Å². The number of anilines is 2. The fourth-order valence-electron chi connectivity index (χ4n) is 11.8. The van der Waals surface area contributed by atoms with E-state index in [0.29, 0.717) is 49.3 Å². The van der Waals surface area contributed by atoms with Crippen molar-refractivity contribution in [3.05, 3.63) is 147 Å². The number of nitro groups is 1. The number of aromatic nitrogens is 2. The Labute approximate surface area is 430 Å². The highest BCUT2D eigenvalue weighted by atomic mass is 32.2. The number of aliphatic hydroxyl groups is 1. The summed E-state index contributed by atoms with van der Waals surface area (Å²) in [5.74, 6) is -1.67. The van der Waals surface area contributed by atoms with E-state index < -0.39 is 48.7 Å². The molecule has 15 nitrogen and oxygen atoms in total. The van der Waals surface area contributed by atoms with Gasteiger partial charge in [0.05, 0.1) is 27.2 Å². The molecule has 2 aliphatic carbocycles. The number of amides is 1. The van der Waals surface area contributed by atoms with E-state index in [1.54, 1.807) is 43.5 Å². The molecule has 4 aliphatic rings. The molecule has 2 aromatic heterocycles. The molecule has 2 saturated heterocycles. The normalized spacial score (nSPS) is 21.7. The number of hydrogen-bond acceptors (Lipinski definition) is 12. The van der Waals surface area contributed by atoms with Crippen LogP contribution in [0.3, 0.4) is 0 Å². The number of ether oxygens (including phenoxy) is 1. The Hall–Kier alpha value is -6.47. The van der Waals surface area contributed by atoms with E-state index in [-0.39, 0.29) is 34.4 Å². The first-order chi connectivity index (χ1) is 35.4. The number of halogens is 2. The lowest BCUT2D eigenvalue weighted by molar-refractivity contribution is -0.384. The molecule has 1 atom stereocenters. The Bertz CT molecular complexity index is 3160. The van der Waals surface area contributed by atoms with Crippen LogP contribution < -0.4 is 19.7 Å². The summed E-state index contributed by atoms with van der Waals surface area (Å²) >= 11 is 0. The third-order valence-electron chi connectivity index (χ3n) is 16.1. The number of nitro benzene ring substituents is 1. The summed E-state index contributed by atoms with van der Waals surface area (Å²) in [6.07, 6.45) is 10.1. The number of pyridine rings is 1. The second-order valence-electron chi connectivity index (χ2n) is 21.6. The summed E-state index contributed by atoms with van der Waals surface area (Å²) < 4.78 is 64.2. The van der Waals surface area contributed by atoms with E-state index in [1.807, 2.05) is 6.07 Å². The van der Waals surface area contributed by atoms with Gasteiger partial charge in [-0.15, -0.1) is 0 Å². The van der Waals surface area contributed by atoms with Crippen molar-refractivity contribution in [2.24, 2.45) is 11.3 Å². The van der Waals surface area contributed by atoms with Crippen LogP contribution in [-0.2, 0) is 16.6 Å². The molecule has 390 valence electrons. The van der Waals surface area contributed by atoms with Crippen molar-refractivity contribution in [3.63, 3.8) is 0 Å². The molecule has 4 heterocycles. The number of piperidine rings is 1. The van der Waals surface area contributed by atoms with Gasteiger partial charge >= 0.3 is 0 Å². The van der Waals surface area contributed by atoms with Crippen LogP contribution in [0.1, 0.15) is 111 Å². The predicted octanol–water partition coefficient (Wildman–Crippen LogP) is 10.4. The quantitative estimate of drug-likeness (QED) is 0.0564. The number of nitrogens with zero attached hydrogens (tertiary/aromatic N) is 5. The Kier molecular flexibility index (Phi) is 14.3. The Morgan fingerprint density at radius 3 is 2.46 bits per heavy atom. The smallest absolute Gasteiger partial charge is 0.293 e. The molecular formula is C56H64F2N8O7S. The number of rotatable bonds is 15. The maximum absolute atomic E-state index is 14.2. The summed E-state index contributed by atoms with van der Waals surface area (Å²) in [6.45, 7) is 11.2. The van der Waals surface area contributed by atoms with Crippen molar-refractivity contribution in [3.8, 4) is 11.5 Å². The molecule has 0 radical (unpaired) electrons. The van der Waals surface area contributed by atoms with E-state index in [9.17, 15) is 37.2 Å². The third kappa shape index (κ3) is 11.0. The van der Waals surface area contributed by atoms with E-state index in [2.05, 4.69) is 72.8 Å². The minimum atomic E-state index is -4.61. The highest BCUT2D eigenvalue weighted by Gasteiger charge is 2.50. The van der Waals surface area contributed by atoms with Gasteiger partial charge in [-0.25, -0.2) is 26.9 Å². The molecule has 18 heteroatoms. The molecule has 0 bridgehead atoms. The van der Waals surface area contributed by atoms with Crippen LogP contribution >= 0.6 is 0 Å². The molecule has 4 fully saturated rings. The zero-order valence-corrected chi connectivity index (χ0v) is 42.8. The summed E-state index contributed by atoms with van der Waals surface area (Å²) in [5, 5.41) is 26.4. The van der Waals surface area contributed by atoms with Gasteiger partial charge in [0.1, 0.15) is 22.8 Å². The lowest BCUT2D eigenvalue weighted by atomic mass is 9.59. The molecule has 1 spiro atoms. The van der Waals surface area contributed by atoms with Gasteiger partial charge in [-0.3, -0.25) is 24.7 Å². The van der Waals surface area contributed by atoms with Crippen molar-refractivity contribution in [2.45, 2.75) is 107 Å². The molecular weight excluding hydrogens is 967 g/mol. The van der Waals surface area contributed by atoms with Gasteiger partial charge in [-0.05, 0) is 141 Å². The Morgan fingerprint density at radius 1 is 0.946 bits per heavy atom. The number of carbonyl (C=O) groups is 1. The number of fused-ring (bicyclic) bond motifs is 1. The van der Waals surface area contributed by atoms with Crippen molar-refractivity contribution < 1.29 is 36.8 Å². The Morgan fingerprint density at radius 2 is 1.72 bits per heavy atom. The third-order valence-corrected chi connectivity index (χ3v) is 17.5. The lowest BCUT2D eigenvalue weighted by Gasteiger charge is -2.58. The molecule has 2 aliphatic heterocycles. The zero-order valence-electron chi connectivity index (χ0n) is 42.0. The molecule has 74 heavy (non-hydrogen) atoms. The van der Waals surface area contributed by atoms with Crippen molar-refractivity contribution in [1.82, 2.24) is 24.5 Å². The number of sulfonamides is 1. The monoisotopic (exact) mass is 1030 g/mol. The highest BCUT2D eigenvalue weighted by molar-refractivity contribution is 7.90. The molecule has 6 aromatic rings. The van der Waals surface area contributed by atoms with Gasteiger partial charge in [0, 0.05) is 87.3 Å². The van der Waals surface area contributed by atoms with Crippen LogP contribution in [0.25, 0.3) is 11.0 Å². The van der Waals surface area contributed by atoms with Gasteiger partial charge in [0.25, 0.3) is 21.6 Å². The average molecular weight is 1030 g/mol. The van der Waals surface area contributed by atoms with Crippen LogP contribution in [0.15, 0.2) is 108 Å². The number of nitrogens with one attached hydrogen (secondary N) is 3. The van der Waals surface area contributed by atoms with E-state index in [1.165, 1.54) is 41.6 Å². The van der Waals surface area contributed by atoms with Crippen molar-refractivity contribution >= 4 is 44.0 Å². The topological polar surface area (TPSA) is 186 Å². The highest BCUT2D eigenvalue weighted by Crippen LogP contribution is 2.53. The summed E-state index contributed by atoms with van der Waals surface area (Å²) in [6, 6.07) is 25.6. The number of hydrogen-bond donors (Lipinski definition) is 4. The SMILES string of the molecule is CC(C)c1ccccc1C1CN(Cc2ccc(F)c(F)c2)CCN1C1CC2(CCN(c3ccc(C(=O)NS(=O)(=O)c4ccc(NC[C@H]5CC[C@](C)(O)CC5)c([N+](=O)[O-])c4)c(Oc4cnc5[nH]ccc5c4)c3)CC2)C1. The minimum Gasteiger partial charge on any atom is -0.455 e. The van der Waals surface area contributed by atoms with Gasteiger partial charge in [0.15, 0.2) is 11.6 Å². The van der Waals surface area contributed by atoms with E-state index in [0.717, 1.165) is 94.0 Å². The van der Waals surface area contributed by atoms with Crippen LogP contribution in [-0.4, -0.2) is 95.0 Å². The van der Waals surface area contributed by atoms with Gasteiger partial charge in [0.2, 0.25) is 0 Å². The van der Waals surface area contributed by atoms with Crippen LogP contribution in [0.5, 0.6) is 11.5 Å². The lowest BCUT2D eigenvalue weighted by Crippen LogP contribution is -2.60. The number of piperazine rings is 1. The average Bonchev–Trinajstić information content (AvgIpc) is 3.84. The first-order valence-corrected chi connectivity index (χ1v) is 27.2. The van der Waals surface area contributed by atoms with Crippen molar-refractivity contribution in [2.75, 3.05) is 49.5 Å². The predicted molar refractivity (Wildman–Crippen MR) is 280 cm³/mol. The molecule has 10 rings (SSSR count). The minimum absolute atomic E-state index is 0.0560. The fraction of sp³-hybridized carbons (Fsp3) is 0.429. The molecule has 1 amide bonds. The maximum atomic E-state index is 14.2. The first-order valence-electron chi connectivity index (χ1n) is 25.7. The van der Waals surface area contributed by atoms with Gasteiger partial charge < -0.3 is 25.0 Å². The molecule has 1 unspecified atom stereocenters. The van der Waals surface area contributed by atoms with Gasteiger partial charge in [-0.1, -0.05) is 44.2 Å². The van der Waals surface area contributed by atoms with Crippen molar-refractivity contribution in [1.29, 1.82) is 0 Å².